The highest BCUT2D eigenvalue weighted by Crippen LogP contribution is 2.28. The Morgan fingerprint density at radius 2 is 2.10 bits per heavy atom. The van der Waals surface area contributed by atoms with E-state index in [1.165, 1.54) is 0 Å². The lowest BCUT2D eigenvalue weighted by Crippen LogP contribution is -2.43. The molecule has 1 aliphatic rings. The van der Waals surface area contributed by atoms with E-state index in [0.717, 1.165) is 42.4 Å². The molecule has 0 radical (unpaired) electrons. The Balaban J connectivity index is 1.50. The van der Waals surface area contributed by atoms with Gasteiger partial charge in [0, 0.05) is 38.9 Å². The van der Waals surface area contributed by atoms with Gasteiger partial charge in [-0.15, -0.1) is 0 Å². The van der Waals surface area contributed by atoms with E-state index in [-0.39, 0.29) is 0 Å². The molecule has 29 heavy (non-hydrogen) atoms. The number of ether oxygens (including phenoxy) is 2. The Labute approximate surface area is 173 Å². The molecule has 1 aliphatic heterocycles. The fourth-order valence-corrected chi connectivity index (χ4v) is 3.46. The minimum Gasteiger partial charge on any atom is -0.493 e. The molecule has 0 aliphatic carbocycles. The number of nitrogens with one attached hydrogen (secondary N) is 1. The zero-order valence-electron chi connectivity index (χ0n) is 17.6. The molecule has 2 heterocycles. The van der Waals surface area contributed by atoms with E-state index in [9.17, 15) is 5.11 Å². The maximum atomic E-state index is 10.9. The second-order valence-electron chi connectivity index (χ2n) is 7.82. The molecule has 1 saturated heterocycles. The number of hydrogen-bond acceptors (Lipinski definition) is 7. The number of anilines is 1. The van der Waals surface area contributed by atoms with Crippen molar-refractivity contribution >= 4 is 5.82 Å². The molecule has 1 atom stereocenters. The van der Waals surface area contributed by atoms with Gasteiger partial charge in [-0.05, 0) is 50.3 Å². The summed E-state index contributed by atoms with van der Waals surface area (Å²) in [6.45, 7) is 4.03. The van der Waals surface area contributed by atoms with Gasteiger partial charge in [-0.2, -0.15) is 0 Å². The molecule has 2 N–H and O–H groups in total. The summed E-state index contributed by atoms with van der Waals surface area (Å²) in [6, 6.07) is 11.8. The van der Waals surface area contributed by atoms with Crippen LogP contribution < -0.4 is 19.7 Å². The molecule has 158 valence electrons. The Hall–Kier alpha value is -2.35. The number of β-amino-alcohol motifs (C(OH)–C–C–N with tert-alkyl or cyclic N) is 1. The minimum atomic E-state index is -0.753. The first-order chi connectivity index (χ1) is 14.0. The number of aliphatic hydroxyl groups is 1. The van der Waals surface area contributed by atoms with Gasteiger partial charge >= 0.3 is 0 Å². The van der Waals surface area contributed by atoms with Crippen LogP contribution in [0.2, 0.25) is 0 Å². The molecule has 0 unspecified atom stereocenters. The van der Waals surface area contributed by atoms with E-state index in [1.54, 1.807) is 13.3 Å². The second kappa shape index (κ2) is 9.91. The van der Waals surface area contributed by atoms with Crippen LogP contribution >= 0.6 is 0 Å². The van der Waals surface area contributed by atoms with E-state index in [4.69, 9.17) is 9.47 Å². The molecule has 7 nitrogen and oxygen atoms in total. The number of nitrogens with zero attached hydrogens (tertiary/aromatic N) is 3. The van der Waals surface area contributed by atoms with Gasteiger partial charge in [0.15, 0.2) is 11.5 Å². The summed E-state index contributed by atoms with van der Waals surface area (Å²) in [7, 11) is 5.69. The monoisotopic (exact) mass is 400 g/mol. The summed E-state index contributed by atoms with van der Waals surface area (Å²) in [5, 5.41) is 14.3. The Morgan fingerprint density at radius 1 is 1.24 bits per heavy atom. The first-order valence-corrected chi connectivity index (χ1v) is 10.0. The summed E-state index contributed by atoms with van der Waals surface area (Å²) in [6.07, 6.45) is 2.50. The average Bonchev–Trinajstić information content (AvgIpc) is 3.11. The highest BCUT2D eigenvalue weighted by Gasteiger charge is 2.36. The number of pyridine rings is 1. The smallest absolute Gasteiger partial charge is 0.161 e. The fraction of sp³-hybridized carbons (Fsp3) is 0.500. The predicted molar refractivity (Wildman–Crippen MR) is 115 cm³/mol. The van der Waals surface area contributed by atoms with E-state index in [2.05, 4.69) is 20.1 Å². The van der Waals surface area contributed by atoms with Crippen LogP contribution in [0, 0.1) is 0 Å². The van der Waals surface area contributed by atoms with Crippen LogP contribution in [0.15, 0.2) is 42.6 Å². The first kappa shape index (κ1) is 21.4. The molecule has 0 spiro atoms. The molecular formula is C22H32N4O3. The summed E-state index contributed by atoms with van der Waals surface area (Å²) < 4.78 is 11.3. The number of benzene rings is 1. The standard InChI is InChI=1S/C22H32N4O3/c1-25(2)12-13-29-19-8-7-18(14-20(19)28-3)15-23-16-22(27)9-11-26(17-22)21-6-4-5-10-24-21/h4-8,10,14,23,27H,9,11-13,15-17H2,1-3H3/t22-/m0/s1. The van der Waals surface area contributed by atoms with Gasteiger partial charge in [0.05, 0.1) is 12.7 Å². The van der Waals surface area contributed by atoms with E-state index in [0.29, 0.717) is 26.2 Å². The third-order valence-corrected chi connectivity index (χ3v) is 5.11. The SMILES string of the molecule is COc1cc(CNC[C@@]2(O)CCN(c3ccccn3)C2)ccc1OCCN(C)C. The molecule has 2 aromatic rings. The van der Waals surface area contributed by atoms with Gasteiger partial charge in [0.1, 0.15) is 12.4 Å². The summed E-state index contributed by atoms with van der Waals surface area (Å²) >= 11 is 0. The average molecular weight is 401 g/mol. The lowest BCUT2D eigenvalue weighted by molar-refractivity contribution is 0.0626. The van der Waals surface area contributed by atoms with Crippen molar-refractivity contribution in [2.75, 3.05) is 58.9 Å². The number of hydrogen-bond donors (Lipinski definition) is 2. The van der Waals surface area contributed by atoms with Crippen LogP contribution in [0.1, 0.15) is 12.0 Å². The topological polar surface area (TPSA) is 70.1 Å². The van der Waals surface area contributed by atoms with Crippen molar-refractivity contribution in [3.8, 4) is 11.5 Å². The van der Waals surface area contributed by atoms with Crippen molar-refractivity contribution in [2.24, 2.45) is 0 Å². The maximum absolute atomic E-state index is 10.9. The first-order valence-electron chi connectivity index (χ1n) is 10.0. The van der Waals surface area contributed by atoms with Crippen LogP contribution in [-0.4, -0.2) is 74.6 Å². The van der Waals surface area contributed by atoms with Crippen molar-refractivity contribution in [1.29, 1.82) is 0 Å². The third-order valence-electron chi connectivity index (χ3n) is 5.11. The van der Waals surface area contributed by atoms with Crippen molar-refractivity contribution in [3.63, 3.8) is 0 Å². The lowest BCUT2D eigenvalue weighted by atomic mass is 10.0. The number of rotatable bonds is 10. The molecule has 0 bridgehead atoms. The van der Waals surface area contributed by atoms with Crippen LogP contribution in [0.3, 0.4) is 0 Å². The van der Waals surface area contributed by atoms with E-state index >= 15 is 0 Å². The number of likely N-dealkylation sites (N-methyl/N-ethyl adjacent to an activating group) is 1. The second-order valence-corrected chi connectivity index (χ2v) is 7.82. The molecule has 0 saturated carbocycles. The van der Waals surface area contributed by atoms with Crippen LogP contribution in [0.25, 0.3) is 0 Å². The maximum Gasteiger partial charge on any atom is 0.161 e. The van der Waals surface area contributed by atoms with Crippen LogP contribution in [0.5, 0.6) is 11.5 Å². The van der Waals surface area contributed by atoms with E-state index < -0.39 is 5.60 Å². The Kier molecular flexibility index (Phi) is 7.30. The van der Waals surface area contributed by atoms with E-state index in [1.807, 2.05) is 50.5 Å². The Bertz CT molecular complexity index is 772. The number of methoxy groups -OCH3 is 1. The van der Waals surface area contributed by atoms with Gasteiger partial charge in [-0.1, -0.05) is 12.1 Å². The molecular weight excluding hydrogens is 368 g/mol. The van der Waals surface area contributed by atoms with Crippen LogP contribution in [0.4, 0.5) is 5.82 Å². The fourth-order valence-electron chi connectivity index (χ4n) is 3.46. The summed E-state index contributed by atoms with van der Waals surface area (Å²) in [5.74, 6) is 2.39. The summed E-state index contributed by atoms with van der Waals surface area (Å²) in [4.78, 5) is 8.58. The molecule has 7 heteroatoms. The largest absolute Gasteiger partial charge is 0.493 e. The summed E-state index contributed by atoms with van der Waals surface area (Å²) in [5.41, 5.74) is 0.335. The lowest BCUT2D eigenvalue weighted by Gasteiger charge is -2.24. The Morgan fingerprint density at radius 3 is 2.83 bits per heavy atom. The minimum absolute atomic E-state index is 0.528. The van der Waals surface area contributed by atoms with Crippen molar-refractivity contribution in [2.45, 2.75) is 18.6 Å². The quantitative estimate of drug-likeness (QED) is 0.630. The zero-order chi connectivity index (χ0) is 20.7. The zero-order valence-corrected chi connectivity index (χ0v) is 17.6. The normalized spacial score (nSPS) is 19.0. The third kappa shape index (κ3) is 6.06. The molecule has 0 amide bonds. The van der Waals surface area contributed by atoms with Crippen molar-refractivity contribution < 1.29 is 14.6 Å². The highest BCUT2D eigenvalue weighted by molar-refractivity contribution is 5.43. The molecule has 1 aromatic heterocycles. The van der Waals surface area contributed by atoms with Gasteiger partial charge in [-0.3, -0.25) is 0 Å². The van der Waals surface area contributed by atoms with Gasteiger partial charge in [0.2, 0.25) is 0 Å². The molecule has 3 rings (SSSR count). The predicted octanol–water partition coefficient (Wildman–Crippen LogP) is 1.76. The highest BCUT2D eigenvalue weighted by atomic mass is 16.5. The van der Waals surface area contributed by atoms with Gasteiger partial charge in [0.25, 0.3) is 0 Å². The van der Waals surface area contributed by atoms with Gasteiger partial charge in [-0.25, -0.2) is 4.98 Å². The van der Waals surface area contributed by atoms with Crippen LogP contribution in [-0.2, 0) is 6.54 Å². The number of aromatic nitrogens is 1. The van der Waals surface area contributed by atoms with Crippen molar-refractivity contribution in [3.05, 3.63) is 48.2 Å². The van der Waals surface area contributed by atoms with Gasteiger partial charge < -0.3 is 29.7 Å². The molecule has 1 fully saturated rings. The van der Waals surface area contributed by atoms with Crippen molar-refractivity contribution in [1.82, 2.24) is 15.2 Å². The molecule has 1 aromatic carbocycles.